The van der Waals surface area contributed by atoms with E-state index in [9.17, 15) is 0 Å². The molecule has 0 aliphatic carbocycles. The number of halogens is 1. The number of hydrogen-bond acceptors (Lipinski definition) is 4. The lowest BCUT2D eigenvalue weighted by Gasteiger charge is -2.41. The molecule has 82 valence electrons. The standard InChI is InChI=1S/C10H15BrN4/c1-14(2)4-8-5-15(6-8)10-3-9(11)12-7-13-10/h3,7-8H,4-6H2,1-2H3. The largest absolute Gasteiger partial charge is 0.356 e. The van der Waals surface area contributed by atoms with Crippen LogP contribution in [0.5, 0.6) is 0 Å². The lowest BCUT2D eigenvalue weighted by Crippen LogP contribution is -2.51. The zero-order chi connectivity index (χ0) is 10.8. The summed E-state index contributed by atoms with van der Waals surface area (Å²) in [6, 6.07) is 1.96. The third kappa shape index (κ3) is 2.66. The Balaban J connectivity index is 1.89. The first-order valence-electron chi connectivity index (χ1n) is 5.02. The Morgan fingerprint density at radius 2 is 2.20 bits per heavy atom. The van der Waals surface area contributed by atoms with Crippen molar-refractivity contribution in [3.63, 3.8) is 0 Å². The average Bonchev–Trinajstić information content (AvgIpc) is 2.10. The van der Waals surface area contributed by atoms with Gasteiger partial charge in [-0.2, -0.15) is 0 Å². The zero-order valence-corrected chi connectivity index (χ0v) is 10.6. The van der Waals surface area contributed by atoms with E-state index in [1.165, 1.54) is 0 Å². The quantitative estimate of drug-likeness (QED) is 0.774. The Kier molecular flexibility index (Phi) is 3.21. The molecule has 0 amide bonds. The highest BCUT2D eigenvalue weighted by molar-refractivity contribution is 9.10. The van der Waals surface area contributed by atoms with Crippen LogP contribution in [0.4, 0.5) is 5.82 Å². The van der Waals surface area contributed by atoms with Crippen molar-refractivity contribution in [2.75, 3.05) is 38.6 Å². The Bertz CT molecular complexity index is 336. The lowest BCUT2D eigenvalue weighted by atomic mass is 10.00. The van der Waals surface area contributed by atoms with Gasteiger partial charge in [-0.05, 0) is 30.0 Å². The molecule has 0 aromatic carbocycles. The number of nitrogens with zero attached hydrogens (tertiary/aromatic N) is 4. The summed E-state index contributed by atoms with van der Waals surface area (Å²) in [5, 5.41) is 0. The van der Waals surface area contributed by atoms with Crippen LogP contribution in [0.2, 0.25) is 0 Å². The molecule has 1 aliphatic rings. The van der Waals surface area contributed by atoms with E-state index in [1.807, 2.05) is 6.07 Å². The van der Waals surface area contributed by atoms with Gasteiger partial charge in [0.25, 0.3) is 0 Å². The predicted molar refractivity (Wildman–Crippen MR) is 64.0 cm³/mol. The molecule has 1 aromatic rings. The fourth-order valence-corrected chi connectivity index (χ4v) is 2.18. The monoisotopic (exact) mass is 270 g/mol. The van der Waals surface area contributed by atoms with Crippen LogP contribution >= 0.6 is 15.9 Å². The highest BCUT2D eigenvalue weighted by Crippen LogP contribution is 2.24. The highest BCUT2D eigenvalue weighted by atomic mass is 79.9. The van der Waals surface area contributed by atoms with Crippen LogP contribution in [-0.4, -0.2) is 48.6 Å². The van der Waals surface area contributed by atoms with E-state index in [1.54, 1.807) is 6.33 Å². The van der Waals surface area contributed by atoms with Gasteiger partial charge in [-0.1, -0.05) is 0 Å². The number of hydrogen-bond donors (Lipinski definition) is 0. The zero-order valence-electron chi connectivity index (χ0n) is 9.02. The fraction of sp³-hybridized carbons (Fsp3) is 0.600. The first kappa shape index (κ1) is 10.8. The van der Waals surface area contributed by atoms with Crippen molar-refractivity contribution in [1.29, 1.82) is 0 Å². The Morgan fingerprint density at radius 3 is 2.80 bits per heavy atom. The van der Waals surface area contributed by atoms with Crippen molar-refractivity contribution in [2.45, 2.75) is 0 Å². The van der Waals surface area contributed by atoms with Gasteiger partial charge in [0.05, 0.1) is 0 Å². The third-order valence-corrected chi connectivity index (χ3v) is 2.96. The van der Waals surface area contributed by atoms with Gasteiger partial charge in [-0.25, -0.2) is 9.97 Å². The molecule has 1 aliphatic heterocycles. The van der Waals surface area contributed by atoms with Crippen molar-refractivity contribution in [1.82, 2.24) is 14.9 Å². The van der Waals surface area contributed by atoms with E-state index >= 15 is 0 Å². The van der Waals surface area contributed by atoms with Crippen LogP contribution in [0.1, 0.15) is 0 Å². The van der Waals surface area contributed by atoms with E-state index in [2.05, 4.69) is 49.8 Å². The van der Waals surface area contributed by atoms with Gasteiger partial charge in [-0.15, -0.1) is 0 Å². The summed E-state index contributed by atoms with van der Waals surface area (Å²) in [4.78, 5) is 12.8. The maximum atomic E-state index is 4.25. The van der Waals surface area contributed by atoms with Crippen molar-refractivity contribution >= 4 is 21.7 Å². The van der Waals surface area contributed by atoms with E-state index in [4.69, 9.17) is 0 Å². The average molecular weight is 271 g/mol. The van der Waals surface area contributed by atoms with Gasteiger partial charge in [0.15, 0.2) is 0 Å². The van der Waals surface area contributed by atoms with Gasteiger partial charge < -0.3 is 9.80 Å². The molecule has 0 spiro atoms. The van der Waals surface area contributed by atoms with Crippen LogP contribution < -0.4 is 4.90 Å². The molecule has 0 atom stereocenters. The second-order valence-electron chi connectivity index (χ2n) is 4.23. The van der Waals surface area contributed by atoms with Crippen LogP contribution in [0.15, 0.2) is 17.0 Å². The summed E-state index contributed by atoms with van der Waals surface area (Å²) in [5.41, 5.74) is 0. The van der Waals surface area contributed by atoms with E-state index in [0.29, 0.717) is 0 Å². The molecule has 15 heavy (non-hydrogen) atoms. The topological polar surface area (TPSA) is 32.3 Å². The SMILES string of the molecule is CN(C)CC1CN(c2cc(Br)ncn2)C1. The van der Waals surface area contributed by atoms with Crippen LogP contribution in [0.25, 0.3) is 0 Å². The third-order valence-electron chi connectivity index (χ3n) is 2.52. The number of anilines is 1. The highest BCUT2D eigenvalue weighted by Gasteiger charge is 2.27. The first-order chi connectivity index (χ1) is 7.15. The molecule has 1 aromatic heterocycles. The van der Waals surface area contributed by atoms with Crippen LogP contribution in [0, 0.1) is 5.92 Å². The number of aromatic nitrogens is 2. The minimum absolute atomic E-state index is 0.772. The summed E-state index contributed by atoms with van der Waals surface area (Å²) >= 11 is 3.35. The molecule has 0 N–H and O–H groups in total. The molecule has 1 saturated heterocycles. The molecular weight excluding hydrogens is 256 g/mol. The summed E-state index contributed by atoms with van der Waals surface area (Å²) in [7, 11) is 4.23. The van der Waals surface area contributed by atoms with Crippen LogP contribution in [0.3, 0.4) is 0 Å². The van der Waals surface area contributed by atoms with Gasteiger partial charge in [0.1, 0.15) is 16.7 Å². The van der Waals surface area contributed by atoms with Gasteiger partial charge in [0.2, 0.25) is 0 Å². The van der Waals surface area contributed by atoms with Gasteiger partial charge >= 0.3 is 0 Å². The molecule has 0 bridgehead atoms. The maximum Gasteiger partial charge on any atom is 0.133 e. The normalized spacial score (nSPS) is 16.9. The molecule has 5 heteroatoms. The smallest absolute Gasteiger partial charge is 0.133 e. The predicted octanol–water partition coefficient (Wildman–Crippen LogP) is 1.24. The summed E-state index contributed by atoms with van der Waals surface area (Å²) in [6.45, 7) is 3.35. The van der Waals surface area contributed by atoms with E-state index in [0.717, 1.165) is 36.0 Å². The summed E-state index contributed by atoms with van der Waals surface area (Å²) in [5.74, 6) is 1.79. The molecule has 0 radical (unpaired) electrons. The minimum atomic E-state index is 0.772. The van der Waals surface area contributed by atoms with E-state index < -0.39 is 0 Å². The molecule has 2 heterocycles. The molecule has 0 saturated carbocycles. The molecule has 1 fully saturated rings. The van der Waals surface area contributed by atoms with Crippen molar-refractivity contribution < 1.29 is 0 Å². The summed E-state index contributed by atoms with van der Waals surface area (Å²) in [6.07, 6.45) is 1.60. The van der Waals surface area contributed by atoms with Crippen LogP contribution in [-0.2, 0) is 0 Å². The Hall–Kier alpha value is -0.680. The second-order valence-corrected chi connectivity index (χ2v) is 5.04. The molecule has 2 rings (SSSR count). The molecular formula is C10H15BrN4. The van der Waals surface area contributed by atoms with E-state index in [-0.39, 0.29) is 0 Å². The van der Waals surface area contributed by atoms with Gasteiger partial charge in [-0.3, -0.25) is 0 Å². The lowest BCUT2D eigenvalue weighted by molar-refractivity contribution is 0.282. The second kappa shape index (κ2) is 4.45. The van der Waals surface area contributed by atoms with Crippen molar-refractivity contribution in [3.05, 3.63) is 17.0 Å². The number of rotatable bonds is 3. The Morgan fingerprint density at radius 1 is 1.47 bits per heavy atom. The summed E-state index contributed by atoms with van der Waals surface area (Å²) < 4.78 is 0.851. The molecule has 0 unspecified atom stereocenters. The Labute approximate surface area is 98.4 Å². The minimum Gasteiger partial charge on any atom is -0.356 e. The van der Waals surface area contributed by atoms with Gasteiger partial charge in [0, 0.05) is 31.6 Å². The van der Waals surface area contributed by atoms with Crippen molar-refractivity contribution in [3.8, 4) is 0 Å². The van der Waals surface area contributed by atoms with Crippen molar-refractivity contribution in [2.24, 2.45) is 5.92 Å². The maximum absolute atomic E-state index is 4.25. The fourth-order valence-electron chi connectivity index (χ4n) is 1.89. The first-order valence-corrected chi connectivity index (χ1v) is 5.81. The molecule has 4 nitrogen and oxygen atoms in total.